The van der Waals surface area contributed by atoms with Crippen molar-refractivity contribution >= 4 is 11.5 Å². The van der Waals surface area contributed by atoms with E-state index in [-0.39, 0.29) is 6.42 Å². The number of allylic oxidation sites excluding steroid dienone is 1. The predicted molar refractivity (Wildman–Crippen MR) is 57.0 cm³/mol. The molecule has 1 aromatic carbocycles. The minimum Gasteiger partial charge on any atom is -0.481 e. The Bertz CT molecular complexity index is 314. The Kier molecular flexibility index (Phi) is 3.92. The second kappa shape index (κ2) is 5.22. The lowest BCUT2D eigenvalue weighted by Gasteiger charge is -2.03. The molecule has 0 radical (unpaired) electrons. The molecule has 2 heteroatoms. The van der Waals surface area contributed by atoms with Gasteiger partial charge in [0.1, 0.15) is 0 Å². The second-order valence-electron chi connectivity index (χ2n) is 3.22. The Morgan fingerprint density at radius 2 is 1.86 bits per heavy atom. The van der Waals surface area contributed by atoms with E-state index < -0.39 is 5.97 Å². The highest BCUT2D eigenvalue weighted by molar-refractivity contribution is 5.68. The molecule has 74 valence electrons. The Balaban J connectivity index is 2.40. The summed E-state index contributed by atoms with van der Waals surface area (Å²) in [6.07, 6.45) is 1.62. The van der Waals surface area contributed by atoms with Crippen molar-refractivity contribution in [2.24, 2.45) is 0 Å². The summed E-state index contributed by atoms with van der Waals surface area (Å²) in [6.45, 7) is 3.93. The first-order valence-electron chi connectivity index (χ1n) is 4.65. The maximum atomic E-state index is 10.3. The van der Waals surface area contributed by atoms with E-state index in [4.69, 9.17) is 5.11 Å². The van der Waals surface area contributed by atoms with Crippen LogP contribution in [0.25, 0.3) is 5.57 Å². The fourth-order valence-electron chi connectivity index (χ4n) is 1.27. The van der Waals surface area contributed by atoms with Crippen LogP contribution in [0.5, 0.6) is 0 Å². The highest BCUT2D eigenvalue weighted by atomic mass is 16.4. The Morgan fingerprint density at radius 1 is 1.21 bits per heavy atom. The zero-order chi connectivity index (χ0) is 10.4. The third-order valence-corrected chi connectivity index (χ3v) is 2.05. The van der Waals surface area contributed by atoms with Gasteiger partial charge in [0.15, 0.2) is 0 Å². The van der Waals surface area contributed by atoms with Gasteiger partial charge in [-0.3, -0.25) is 4.79 Å². The standard InChI is InChI=1S/C12H14O2/c1-10(6-5-9-12(13)14)11-7-3-2-4-8-11/h2-4,7-8H,1,5-6,9H2,(H,13,14). The minimum atomic E-state index is -0.745. The molecule has 14 heavy (non-hydrogen) atoms. The van der Waals surface area contributed by atoms with Gasteiger partial charge in [0.25, 0.3) is 0 Å². The Labute approximate surface area is 83.9 Å². The van der Waals surface area contributed by atoms with Crippen LogP contribution in [-0.4, -0.2) is 11.1 Å². The smallest absolute Gasteiger partial charge is 0.303 e. The van der Waals surface area contributed by atoms with Crippen molar-refractivity contribution in [3.63, 3.8) is 0 Å². The normalized spacial score (nSPS) is 9.71. The molecule has 0 aliphatic carbocycles. The summed E-state index contributed by atoms with van der Waals surface area (Å²) in [4.78, 5) is 10.3. The molecule has 0 bridgehead atoms. The molecule has 0 unspecified atom stereocenters. The van der Waals surface area contributed by atoms with Crippen molar-refractivity contribution < 1.29 is 9.90 Å². The molecule has 2 nitrogen and oxygen atoms in total. The predicted octanol–water partition coefficient (Wildman–Crippen LogP) is 2.95. The first-order valence-corrected chi connectivity index (χ1v) is 4.65. The van der Waals surface area contributed by atoms with Crippen LogP contribution in [0.15, 0.2) is 36.9 Å². The number of benzene rings is 1. The molecule has 1 N–H and O–H groups in total. The van der Waals surface area contributed by atoms with Crippen molar-refractivity contribution in [2.45, 2.75) is 19.3 Å². The van der Waals surface area contributed by atoms with Crippen LogP contribution in [0.4, 0.5) is 0 Å². The first kappa shape index (κ1) is 10.5. The van der Waals surface area contributed by atoms with E-state index in [1.165, 1.54) is 0 Å². The molecule has 0 aliphatic rings. The molecule has 1 rings (SSSR count). The summed E-state index contributed by atoms with van der Waals surface area (Å²) in [5.41, 5.74) is 2.10. The van der Waals surface area contributed by atoms with Crippen LogP contribution in [0.1, 0.15) is 24.8 Å². The van der Waals surface area contributed by atoms with Crippen molar-refractivity contribution in [1.29, 1.82) is 0 Å². The van der Waals surface area contributed by atoms with Gasteiger partial charge in [0.05, 0.1) is 0 Å². The summed E-state index contributed by atoms with van der Waals surface area (Å²) in [5, 5.41) is 8.47. The van der Waals surface area contributed by atoms with Crippen LogP contribution in [-0.2, 0) is 4.79 Å². The second-order valence-corrected chi connectivity index (χ2v) is 3.22. The molecule has 0 saturated heterocycles. The van der Waals surface area contributed by atoms with Gasteiger partial charge in [-0.25, -0.2) is 0 Å². The summed E-state index contributed by atoms with van der Waals surface area (Å²) in [5.74, 6) is -0.745. The zero-order valence-electron chi connectivity index (χ0n) is 8.07. The zero-order valence-corrected chi connectivity index (χ0v) is 8.07. The number of rotatable bonds is 5. The number of carboxylic acid groups (broad SMARTS) is 1. The summed E-state index contributed by atoms with van der Waals surface area (Å²) < 4.78 is 0. The lowest BCUT2D eigenvalue weighted by Crippen LogP contribution is -1.94. The molecular weight excluding hydrogens is 176 g/mol. The quantitative estimate of drug-likeness (QED) is 0.775. The van der Waals surface area contributed by atoms with Gasteiger partial charge < -0.3 is 5.11 Å². The fourth-order valence-corrected chi connectivity index (χ4v) is 1.27. The molecule has 0 aromatic heterocycles. The van der Waals surface area contributed by atoms with Crippen molar-refractivity contribution in [2.75, 3.05) is 0 Å². The molecule has 0 heterocycles. The Morgan fingerprint density at radius 3 is 2.43 bits per heavy atom. The van der Waals surface area contributed by atoms with E-state index in [0.717, 1.165) is 17.6 Å². The van der Waals surface area contributed by atoms with Crippen molar-refractivity contribution in [3.8, 4) is 0 Å². The summed E-state index contributed by atoms with van der Waals surface area (Å²) in [7, 11) is 0. The highest BCUT2D eigenvalue weighted by Gasteiger charge is 2.00. The van der Waals surface area contributed by atoms with Crippen LogP contribution in [0, 0.1) is 0 Å². The molecule has 0 spiro atoms. The van der Waals surface area contributed by atoms with Gasteiger partial charge in [-0.2, -0.15) is 0 Å². The fraction of sp³-hybridized carbons (Fsp3) is 0.250. The van der Waals surface area contributed by atoms with E-state index in [1.807, 2.05) is 30.3 Å². The van der Waals surface area contributed by atoms with Crippen molar-refractivity contribution in [3.05, 3.63) is 42.5 Å². The maximum absolute atomic E-state index is 10.3. The third-order valence-electron chi connectivity index (χ3n) is 2.05. The highest BCUT2D eigenvalue weighted by Crippen LogP contribution is 2.17. The maximum Gasteiger partial charge on any atom is 0.303 e. The van der Waals surface area contributed by atoms with Gasteiger partial charge in [-0.1, -0.05) is 36.9 Å². The van der Waals surface area contributed by atoms with E-state index >= 15 is 0 Å². The first-order chi connectivity index (χ1) is 6.70. The van der Waals surface area contributed by atoms with E-state index in [0.29, 0.717) is 6.42 Å². The topological polar surface area (TPSA) is 37.3 Å². The number of hydrogen-bond acceptors (Lipinski definition) is 1. The number of hydrogen-bond donors (Lipinski definition) is 1. The van der Waals surface area contributed by atoms with Gasteiger partial charge in [-0.15, -0.1) is 0 Å². The number of carboxylic acids is 1. The lowest BCUT2D eigenvalue weighted by atomic mass is 10.0. The van der Waals surface area contributed by atoms with E-state index in [1.54, 1.807) is 0 Å². The van der Waals surface area contributed by atoms with Crippen molar-refractivity contribution in [1.82, 2.24) is 0 Å². The SMILES string of the molecule is C=C(CCCC(=O)O)c1ccccc1. The Hall–Kier alpha value is -1.57. The van der Waals surface area contributed by atoms with Gasteiger partial charge in [0, 0.05) is 6.42 Å². The van der Waals surface area contributed by atoms with Gasteiger partial charge in [-0.05, 0) is 24.0 Å². The van der Waals surface area contributed by atoms with Crippen LogP contribution < -0.4 is 0 Å². The molecule has 1 aromatic rings. The summed E-state index contributed by atoms with van der Waals surface area (Å²) >= 11 is 0. The molecule has 0 amide bonds. The third kappa shape index (κ3) is 3.44. The van der Waals surface area contributed by atoms with E-state index in [2.05, 4.69) is 6.58 Å². The van der Waals surface area contributed by atoms with Crippen LogP contribution >= 0.6 is 0 Å². The van der Waals surface area contributed by atoms with Gasteiger partial charge in [0.2, 0.25) is 0 Å². The average Bonchev–Trinajstić information content (AvgIpc) is 2.18. The van der Waals surface area contributed by atoms with Gasteiger partial charge >= 0.3 is 5.97 Å². The van der Waals surface area contributed by atoms with Crippen LogP contribution in [0.3, 0.4) is 0 Å². The average molecular weight is 190 g/mol. The lowest BCUT2D eigenvalue weighted by molar-refractivity contribution is -0.137. The largest absolute Gasteiger partial charge is 0.481 e. The molecule has 0 fully saturated rings. The number of carbonyl (C=O) groups is 1. The molecular formula is C12H14O2. The molecule has 0 saturated carbocycles. The minimum absolute atomic E-state index is 0.214. The van der Waals surface area contributed by atoms with E-state index in [9.17, 15) is 4.79 Å². The molecule has 0 atom stereocenters. The molecule has 0 aliphatic heterocycles. The monoisotopic (exact) mass is 190 g/mol. The number of aliphatic carboxylic acids is 1. The summed E-state index contributed by atoms with van der Waals surface area (Å²) in [6, 6.07) is 9.84. The van der Waals surface area contributed by atoms with Crippen LogP contribution in [0.2, 0.25) is 0 Å².